The molecule has 2 N–H and O–H groups in total. The number of esters is 1. The van der Waals surface area contributed by atoms with Gasteiger partial charge in [0.05, 0.1) is 13.3 Å². The largest absolute Gasteiger partial charge is 0.493 e. The number of nitrogens with zero attached hydrogens (tertiary/aromatic N) is 1. The van der Waals surface area contributed by atoms with Gasteiger partial charge in [0.1, 0.15) is 5.82 Å². The maximum Gasteiger partial charge on any atom is 0.336 e. The molecular formula is C25H20FN3O5. The molecule has 8 nitrogen and oxygen atoms in total. The maximum atomic E-state index is 12.9. The van der Waals surface area contributed by atoms with Gasteiger partial charge in [-0.15, -0.1) is 0 Å². The lowest BCUT2D eigenvalue weighted by molar-refractivity contribution is -0.136. The zero-order valence-corrected chi connectivity index (χ0v) is 18.0. The van der Waals surface area contributed by atoms with E-state index in [1.807, 2.05) is 30.3 Å². The summed E-state index contributed by atoms with van der Waals surface area (Å²) in [4.78, 5) is 35.8. The zero-order valence-electron chi connectivity index (χ0n) is 18.0. The Hall–Kier alpha value is -4.79. The fourth-order valence-electron chi connectivity index (χ4n) is 2.66. The molecule has 2 amide bonds. The van der Waals surface area contributed by atoms with Crippen molar-refractivity contribution in [3.05, 3.63) is 95.8 Å². The quantitative estimate of drug-likeness (QED) is 0.140. The normalized spacial score (nSPS) is 10.8. The predicted octanol–water partition coefficient (Wildman–Crippen LogP) is 3.54. The van der Waals surface area contributed by atoms with E-state index in [0.717, 1.165) is 17.7 Å². The number of benzene rings is 3. The molecule has 0 bridgehead atoms. The third-order valence-corrected chi connectivity index (χ3v) is 4.30. The van der Waals surface area contributed by atoms with E-state index in [0.29, 0.717) is 5.56 Å². The first-order valence-electron chi connectivity index (χ1n) is 9.97. The van der Waals surface area contributed by atoms with Crippen LogP contribution < -0.4 is 20.2 Å². The van der Waals surface area contributed by atoms with Crippen molar-refractivity contribution in [1.82, 2.24) is 5.43 Å². The topological polar surface area (TPSA) is 106 Å². The smallest absolute Gasteiger partial charge is 0.336 e. The zero-order chi connectivity index (χ0) is 24.3. The van der Waals surface area contributed by atoms with Gasteiger partial charge in [0.25, 0.3) is 0 Å². The van der Waals surface area contributed by atoms with E-state index in [-0.39, 0.29) is 17.2 Å². The van der Waals surface area contributed by atoms with Gasteiger partial charge in [-0.25, -0.2) is 14.6 Å². The van der Waals surface area contributed by atoms with Crippen LogP contribution in [0.5, 0.6) is 11.5 Å². The van der Waals surface area contributed by atoms with Gasteiger partial charge < -0.3 is 14.8 Å². The lowest BCUT2D eigenvalue weighted by Gasteiger charge is -2.08. The minimum Gasteiger partial charge on any atom is -0.493 e. The van der Waals surface area contributed by atoms with Crippen LogP contribution in [0.25, 0.3) is 6.08 Å². The molecule has 0 aliphatic carbocycles. The number of hydrazone groups is 1. The third-order valence-electron chi connectivity index (χ3n) is 4.30. The Kier molecular flexibility index (Phi) is 8.23. The first kappa shape index (κ1) is 23.9. The van der Waals surface area contributed by atoms with Gasteiger partial charge >= 0.3 is 17.8 Å². The standard InChI is InChI=1S/C25H20FN3O5/c1-33-22-15-18(7-13-21(22)34-23(30)14-8-17-5-3-2-4-6-17)16-27-29-25(32)24(31)28-20-11-9-19(26)10-12-20/h2-16H,1H3,(H,28,31)(H,29,32)/b14-8+,27-16+. The van der Waals surface area contributed by atoms with Crippen molar-refractivity contribution in [3.8, 4) is 11.5 Å². The molecule has 0 saturated heterocycles. The Bertz CT molecular complexity index is 1230. The van der Waals surface area contributed by atoms with E-state index >= 15 is 0 Å². The molecule has 0 spiro atoms. The Morgan fingerprint density at radius 2 is 1.62 bits per heavy atom. The van der Waals surface area contributed by atoms with E-state index < -0.39 is 23.6 Å². The summed E-state index contributed by atoms with van der Waals surface area (Å²) in [5, 5.41) is 6.04. The molecule has 0 atom stereocenters. The van der Waals surface area contributed by atoms with Crippen LogP contribution in [-0.4, -0.2) is 31.1 Å². The highest BCUT2D eigenvalue weighted by molar-refractivity contribution is 6.39. The van der Waals surface area contributed by atoms with Crippen molar-refractivity contribution in [1.29, 1.82) is 0 Å². The van der Waals surface area contributed by atoms with Crippen LogP contribution in [0.1, 0.15) is 11.1 Å². The number of methoxy groups -OCH3 is 1. The number of nitrogens with one attached hydrogen (secondary N) is 2. The molecule has 3 aromatic rings. The minimum atomic E-state index is -1.01. The van der Waals surface area contributed by atoms with Crippen LogP contribution in [0.15, 0.2) is 84.0 Å². The monoisotopic (exact) mass is 461 g/mol. The number of anilines is 1. The summed E-state index contributed by atoms with van der Waals surface area (Å²) in [5.41, 5.74) is 3.71. The SMILES string of the molecule is COc1cc(/C=N/NC(=O)C(=O)Nc2ccc(F)cc2)ccc1OC(=O)/C=C/c1ccccc1. The minimum absolute atomic E-state index is 0.199. The van der Waals surface area contributed by atoms with Crippen molar-refractivity contribution in [3.63, 3.8) is 0 Å². The lowest BCUT2D eigenvalue weighted by atomic mass is 10.2. The molecule has 9 heteroatoms. The summed E-state index contributed by atoms with van der Waals surface area (Å²) >= 11 is 0. The van der Waals surface area contributed by atoms with Gasteiger partial charge in [0.15, 0.2) is 11.5 Å². The fourth-order valence-corrected chi connectivity index (χ4v) is 2.66. The number of halogens is 1. The van der Waals surface area contributed by atoms with Crippen LogP contribution in [0, 0.1) is 5.82 Å². The first-order chi connectivity index (χ1) is 16.4. The Morgan fingerprint density at radius 3 is 2.32 bits per heavy atom. The molecule has 0 aliphatic rings. The maximum absolute atomic E-state index is 12.9. The number of carbonyl (C=O) groups excluding carboxylic acids is 3. The number of hydrogen-bond donors (Lipinski definition) is 2. The highest BCUT2D eigenvalue weighted by Crippen LogP contribution is 2.27. The third kappa shape index (κ3) is 7.13. The van der Waals surface area contributed by atoms with E-state index in [1.165, 1.54) is 43.7 Å². The van der Waals surface area contributed by atoms with Gasteiger partial charge in [0, 0.05) is 11.8 Å². The van der Waals surface area contributed by atoms with Gasteiger partial charge in [-0.3, -0.25) is 9.59 Å². The molecule has 3 aromatic carbocycles. The molecule has 0 unspecified atom stereocenters. The lowest BCUT2D eigenvalue weighted by Crippen LogP contribution is -2.32. The van der Waals surface area contributed by atoms with E-state index in [4.69, 9.17) is 9.47 Å². The fraction of sp³-hybridized carbons (Fsp3) is 0.0400. The van der Waals surface area contributed by atoms with Crippen molar-refractivity contribution >= 4 is 35.8 Å². The van der Waals surface area contributed by atoms with Crippen LogP contribution in [0.2, 0.25) is 0 Å². The molecule has 3 rings (SSSR count). The van der Waals surface area contributed by atoms with Crippen molar-refractivity contribution < 1.29 is 28.2 Å². The molecule has 0 saturated carbocycles. The van der Waals surface area contributed by atoms with Crippen LogP contribution in [0.3, 0.4) is 0 Å². The van der Waals surface area contributed by atoms with Gasteiger partial charge in [-0.05, 0) is 59.7 Å². The van der Waals surface area contributed by atoms with Crippen LogP contribution in [-0.2, 0) is 14.4 Å². The summed E-state index contributed by atoms with van der Waals surface area (Å²) in [5.74, 6) is -2.55. The Morgan fingerprint density at radius 1 is 0.882 bits per heavy atom. The summed E-state index contributed by atoms with van der Waals surface area (Å²) in [7, 11) is 1.41. The van der Waals surface area contributed by atoms with Gasteiger partial charge in [-0.1, -0.05) is 30.3 Å². The number of rotatable bonds is 7. The highest BCUT2D eigenvalue weighted by atomic mass is 19.1. The molecule has 0 aromatic heterocycles. The molecule has 0 heterocycles. The molecule has 172 valence electrons. The van der Waals surface area contributed by atoms with E-state index in [2.05, 4.69) is 15.8 Å². The second-order valence-electron chi connectivity index (χ2n) is 6.74. The summed E-state index contributed by atoms with van der Waals surface area (Å²) in [6.45, 7) is 0. The second-order valence-corrected chi connectivity index (χ2v) is 6.74. The Labute approximate surface area is 194 Å². The molecule has 0 fully saturated rings. The first-order valence-corrected chi connectivity index (χ1v) is 9.97. The Balaban J connectivity index is 1.56. The van der Waals surface area contributed by atoms with Gasteiger partial charge in [0.2, 0.25) is 0 Å². The molecule has 0 aliphatic heterocycles. The van der Waals surface area contributed by atoms with Crippen molar-refractivity contribution in [2.24, 2.45) is 5.10 Å². The average molecular weight is 461 g/mol. The van der Waals surface area contributed by atoms with Crippen molar-refractivity contribution in [2.45, 2.75) is 0 Å². The molecule has 34 heavy (non-hydrogen) atoms. The average Bonchev–Trinajstić information content (AvgIpc) is 2.85. The van der Waals surface area contributed by atoms with E-state index in [1.54, 1.807) is 12.1 Å². The predicted molar refractivity (Wildman–Crippen MR) is 125 cm³/mol. The number of amides is 2. The molecular weight excluding hydrogens is 441 g/mol. The second kappa shape index (κ2) is 11.7. The van der Waals surface area contributed by atoms with Crippen LogP contribution in [0.4, 0.5) is 10.1 Å². The van der Waals surface area contributed by atoms with Crippen molar-refractivity contribution in [2.75, 3.05) is 12.4 Å². The summed E-state index contributed by atoms with van der Waals surface area (Å²) < 4.78 is 23.5. The molecule has 0 radical (unpaired) electrons. The number of hydrogen-bond acceptors (Lipinski definition) is 6. The summed E-state index contributed by atoms with van der Waals surface area (Å²) in [6, 6.07) is 18.9. The van der Waals surface area contributed by atoms with Gasteiger partial charge in [-0.2, -0.15) is 5.10 Å². The summed E-state index contributed by atoms with van der Waals surface area (Å²) in [6.07, 6.45) is 4.22. The highest BCUT2D eigenvalue weighted by Gasteiger charge is 2.13. The van der Waals surface area contributed by atoms with E-state index in [9.17, 15) is 18.8 Å². The number of carbonyl (C=O) groups is 3. The van der Waals surface area contributed by atoms with Crippen LogP contribution >= 0.6 is 0 Å². The number of ether oxygens (including phenoxy) is 2.